The van der Waals surface area contributed by atoms with E-state index in [-0.39, 0.29) is 11.6 Å². The number of allylic oxidation sites excluding steroid dienone is 2. The molecule has 2 rings (SSSR count). The van der Waals surface area contributed by atoms with Crippen molar-refractivity contribution in [3.05, 3.63) is 59.1 Å². The van der Waals surface area contributed by atoms with Crippen LogP contribution in [0.4, 0.5) is 4.39 Å². The van der Waals surface area contributed by atoms with Gasteiger partial charge in [0.2, 0.25) is 0 Å². The predicted molar refractivity (Wildman–Crippen MR) is 69.3 cm³/mol. The molecule has 0 spiro atoms. The third-order valence-electron chi connectivity index (χ3n) is 2.97. The number of aldehydes is 1. The fourth-order valence-corrected chi connectivity index (χ4v) is 1.89. The summed E-state index contributed by atoms with van der Waals surface area (Å²) in [7, 11) is 0. The zero-order valence-electron chi connectivity index (χ0n) is 10.4. The molecule has 0 saturated carbocycles. The van der Waals surface area contributed by atoms with Gasteiger partial charge in [0, 0.05) is 5.57 Å². The summed E-state index contributed by atoms with van der Waals surface area (Å²) in [6.45, 7) is 0.429. The van der Waals surface area contributed by atoms with Gasteiger partial charge in [-0.15, -0.1) is 0 Å². The van der Waals surface area contributed by atoms with Gasteiger partial charge in [0.25, 0.3) is 0 Å². The van der Waals surface area contributed by atoms with Crippen LogP contribution >= 0.6 is 0 Å². The normalized spacial score (nSPS) is 18.7. The second-order valence-electron chi connectivity index (χ2n) is 4.36. The third kappa shape index (κ3) is 3.76. The molecular weight excluding hydrogens is 247 g/mol. The first-order chi connectivity index (χ1) is 9.19. The second kappa shape index (κ2) is 6.29. The summed E-state index contributed by atoms with van der Waals surface area (Å²) >= 11 is 0. The molecule has 1 atom stereocenters. The van der Waals surface area contributed by atoms with Crippen molar-refractivity contribution < 1.29 is 19.0 Å². The maximum atomic E-state index is 12.7. The van der Waals surface area contributed by atoms with E-state index >= 15 is 0 Å². The second-order valence-corrected chi connectivity index (χ2v) is 4.36. The Morgan fingerprint density at radius 3 is 2.74 bits per heavy atom. The van der Waals surface area contributed by atoms with Crippen LogP contribution in [-0.2, 0) is 16.0 Å². The lowest BCUT2D eigenvalue weighted by Crippen LogP contribution is -2.19. The molecule has 0 bridgehead atoms. The van der Waals surface area contributed by atoms with Crippen LogP contribution in [0.1, 0.15) is 12.0 Å². The Balaban J connectivity index is 1.81. The Labute approximate surface area is 111 Å². The zero-order valence-corrected chi connectivity index (χ0v) is 10.4. The highest BCUT2D eigenvalue weighted by molar-refractivity contribution is 5.78. The van der Waals surface area contributed by atoms with Gasteiger partial charge in [0.1, 0.15) is 24.0 Å². The predicted octanol–water partition coefficient (Wildman–Crippen LogP) is 2.72. The minimum absolute atomic E-state index is 0.0729. The smallest absolute Gasteiger partial charge is 0.149 e. The van der Waals surface area contributed by atoms with E-state index in [9.17, 15) is 14.3 Å². The minimum atomic E-state index is -0.399. The number of ether oxygens (including phenoxy) is 1. The molecule has 1 aromatic carbocycles. The molecule has 0 fully saturated rings. The molecule has 1 aromatic rings. The van der Waals surface area contributed by atoms with Gasteiger partial charge < -0.3 is 9.84 Å². The molecular formula is C15H15FO3. The van der Waals surface area contributed by atoms with Gasteiger partial charge in [-0.2, -0.15) is 0 Å². The molecule has 19 heavy (non-hydrogen) atoms. The van der Waals surface area contributed by atoms with E-state index < -0.39 is 6.10 Å². The van der Waals surface area contributed by atoms with Crippen LogP contribution in [0.5, 0.6) is 0 Å². The Morgan fingerprint density at radius 2 is 2.11 bits per heavy atom. The first-order valence-corrected chi connectivity index (χ1v) is 6.11. The highest BCUT2D eigenvalue weighted by Gasteiger charge is 2.17. The summed E-state index contributed by atoms with van der Waals surface area (Å²) in [5.41, 5.74) is 1.45. The number of hydrogen-bond donors (Lipinski definition) is 1. The van der Waals surface area contributed by atoms with Gasteiger partial charge in [-0.1, -0.05) is 18.2 Å². The van der Waals surface area contributed by atoms with Gasteiger partial charge in [-0.25, -0.2) is 4.39 Å². The average Bonchev–Trinajstić information content (AvgIpc) is 2.42. The Bertz CT molecular complexity index is 503. The third-order valence-corrected chi connectivity index (χ3v) is 2.97. The molecule has 100 valence electrons. The van der Waals surface area contributed by atoms with Gasteiger partial charge in [-0.05, 0) is 36.6 Å². The summed E-state index contributed by atoms with van der Waals surface area (Å²) in [6, 6.07) is 6.23. The van der Waals surface area contributed by atoms with Crippen LogP contribution < -0.4 is 0 Å². The Hall–Kier alpha value is -1.94. The summed E-state index contributed by atoms with van der Waals surface area (Å²) in [5, 5.41) is 9.69. The fourth-order valence-electron chi connectivity index (χ4n) is 1.89. The average molecular weight is 262 g/mol. The lowest BCUT2D eigenvalue weighted by Gasteiger charge is -2.19. The van der Waals surface area contributed by atoms with Crippen molar-refractivity contribution in [3.8, 4) is 0 Å². The van der Waals surface area contributed by atoms with Gasteiger partial charge >= 0.3 is 0 Å². The van der Waals surface area contributed by atoms with Crippen molar-refractivity contribution in [1.82, 2.24) is 0 Å². The largest absolute Gasteiger partial charge is 0.510 e. The van der Waals surface area contributed by atoms with E-state index in [1.807, 2.05) is 0 Å². The topological polar surface area (TPSA) is 46.5 Å². The first kappa shape index (κ1) is 13.5. The summed E-state index contributed by atoms with van der Waals surface area (Å²) in [4.78, 5) is 10.5. The quantitative estimate of drug-likeness (QED) is 0.830. The number of rotatable bonds is 5. The summed E-state index contributed by atoms with van der Waals surface area (Å²) < 4.78 is 18.3. The lowest BCUT2D eigenvalue weighted by molar-refractivity contribution is -0.104. The monoisotopic (exact) mass is 262 g/mol. The van der Waals surface area contributed by atoms with Gasteiger partial charge in [-0.3, -0.25) is 4.79 Å². The molecule has 0 saturated heterocycles. The van der Waals surface area contributed by atoms with Crippen molar-refractivity contribution in [2.24, 2.45) is 0 Å². The van der Waals surface area contributed by atoms with E-state index in [2.05, 4.69) is 0 Å². The molecule has 3 nitrogen and oxygen atoms in total. The van der Waals surface area contributed by atoms with Crippen molar-refractivity contribution in [3.63, 3.8) is 0 Å². The number of carbonyl (C=O) groups excluding carboxylic acids is 1. The van der Waals surface area contributed by atoms with Gasteiger partial charge in [0.15, 0.2) is 0 Å². The maximum absolute atomic E-state index is 12.7. The highest BCUT2D eigenvalue weighted by Crippen LogP contribution is 2.18. The fraction of sp³-hybridized carbons (Fsp3) is 0.267. The van der Waals surface area contributed by atoms with E-state index in [1.165, 1.54) is 18.2 Å². The van der Waals surface area contributed by atoms with Crippen LogP contribution in [0.2, 0.25) is 0 Å². The number of halogens is 1. The van der Waals surface area contributed by atoms with Gasteiger partial charge in [0.05, 0.1) is 6.61 Å². The number of benzene rings is 1. The highest BCUT2D eigenvalue weighted by atomic mass is 19.1. The Morgan fingerprint density at radius 1 is 1.37 bits per heavy atom. The van der Waals surface area contributed by atoms with Crippen molar-refractivity contribution in [2.75, 3.05) is 6.61 Å². The van der Waals surface area contributed by atoms with E-state index in [0.717, 1.165) is 5.56 Å². The van der Waals surface area contributed by atoms with E-state index in [1.54, 1.807) is 18.2 Å². The van der Waals surface area contributed by atoms with Crippen molar-refractivity contribution in [1.29, 1.82) is 0 Å². The van der Waals surface area contributed by atoms with Crippen molar-refractivity contribution in [2.45, 2.75) is 18.9 Å². The molecule has 1 aliphatic rings. The molecule has 1 N–H and O–H groups in total. The number of aliphatic hydroxyl groups is 1. The van der Waals surface area contributed by atoms with Crippen LogP contribution in [0, 0.1) is 5.82 Å². The molecule has 0 aliphatic heterocycles. The van der Waals surface area contributed by atoms with Crippen LogP contribution in [0.3, 0.4) is 0 Å². The van der Waals surface area contributed by atoms with Crippen molar-refractivity contribution >= 4 is 6.29 Å². The minimum Gasteiger partial charge on any atom is -0.510 e. The standard InChI is InChI=1S/C15H15FO3/c16-13-4-1-11(2-5-13)7-8-19-15-6-3-12(10-17)9-14(15)18/h1-5,9-10,15,18H,6-8H2. The maximum Gasteiger partial charge on any atom is 0.149 e. The van der Waals surface area contributed by atoms with E-state index in [4.69, 9.17) is 4.74 Å². The molecule has 0 radical (unpaired) electrons. The lowest BCUT2D eigenvalue weighted by atomic mass is 10.0. The first-order valence-electron chi connectivity index (χ1n) is 6.11. The van der Waals surface area contributed by atoms with Crippen LogP contribution in [0.15, 0.2) is 47.7 Å². The molecule has 1 unspecified atom stereocenters. The van der Waals surface area contributed by atoms with Crippen LogP contribution in [-0.4, -0.2) is 24.1 Å². The van der Waals surface area contributed by atoms with E-state index in [0.29, 0.717) is 31.3 Å². The summed E-state index contributed by atoms with van der Waals surface area (Å²) in [5.74, 6) is -0.187. The molecule has 1 aliphatic carbocycles. The summed E-state index contributed by atoms with van der Waals surface area (Å²) in [6.07, 6.45) is 4.58. The zero-order chi connectivity index (χ0) is 13.7. The molecule has 0 heterocycles. The SMILES string of the molecule is O=CC1=CCC(OCCc2ccc(F)cc2)C(O)=C1. The van der Waals surface area contributed by atoms with Crippen LogP contribution in [0.25, 0.3) is 0 Å². The molecule has 4 heteroatoms. The number of carbonyl (C=O) groups is 1. The molecule has 0 aromatic heterocycles. The Kier molecular flexibility index (Phi) is 4.47. The number of aliphatic hydroxyl groups excluding tert-OH is 1. The molecule has 0 amide bonds. The number of hydrogen-bond acceptors (Lipinski definition) is 3.